The van der Waals surface area contributed by atoms with Crippen molar-refractivity contribution in [3.8, 4) is 11.5 Å². The minimum atomic E-state index is -2.84. The van der Waals surface area contributed by atoms with E-state index in [2.05, 4.69) is 26.1 Å². The van der Waals surface area contributed by atoms with E-state index in [4.69, 9.17) is 11.1 Å². The van der Waals surface area contributed by atoms with Gasteiger partial charge in [-0.2, -0.15) is 0 Å². The Balaban J connectivity index is 1.95. The normalized spacial score (nSPS) is 21.5. The summed E-state index contributed by atoms with van der Waals surface area (Å²) in [7, 11) is 3.55. The van der Waals surface area contributed by atoms with Crippen LogP contribution in [0.5, 0.6) is 11.5 Å². The number of phenols is 2. The number of amides is 1. The molecule has 0 aliphatic heterocycles. The number of fused-ring (bicyclic) bond motifs is 3. The second kappa shape index (κ2) is 8.81. The number of nitrogens with one attached hydrogen (secondary N) is 2. The van der Waals surface area contributed by atoms with Crippen LogP contribution in [0.4, 0.5) is 5.69 Å². The molecule has 4 rings (SSSR count). The van der Waals surface area contributed by atoms with E-state index in [1.54, 1.807) is 31.1 Å². The van der Waals surface area contributed by atoms with Gasteiger partial charge in [0.05, 0.1) is 22.6 Å². The summed E-state index contributed by atoms with van der Waals surface area (Å²) >= 11 is 0. The van der Waals surface area contributed by atoms with Crippen LogP contribution in [0.25, 0.3) is 10.8 Å². The van der Waals surface area contributed by atoms with Crippen LogP contribution < -0.4 is 16.0 Å². The molecule has 11 heteroatoms. The number of aliphatic hydroxyl groups is 2. The highest BCUT2D eigenvalue weighted by atomic mass is 16.3. The number of rotatable bonds is 5. The van der Waals surface area contributed by atoms with Gasteiger partial charge in [-0.3, -0.25) is 14.4 Å². The van der Waals surface area contributed by atoms with Crippen molar-refractivity contribution in [3.05, 3.63) is 40.2 Å². The van der Waals surface area contributed by atoms with Crippen LogP contribution in [-0.4, -0.2) is 69.9 Å². The van der Waals surface area contributed by atoms with Crippen LogP contribution in [0, 0.1) is 16.7 Å². The summed E-state index contributed by atoms with van der Waals surface area (Å²) in [6, 6.07) is 3.31. The average molecular weight is 525 g/mol. The molecule has 0 saturated carbocycles. The van der Waals surface area contributed by atoms with Crippen molar-refractivity contribution in [2.45, 2.75) is 39.3 Å². The fourth-order valence-electron chi connectivity index (χ4n) is 5.25. The first kappa shape index (κ1) is 27.1. The van der Waals surface area contributed by atoms with Crippen LogP contribution >= 0.6 is 0 Å². The van der Waals surface area contributed by atoms with Crippen LogP contribution in [0.2, 0.25) is 0 Å². The summed E-state index contributed by atoms with van der Waals surface area (Å²) < 4.78 is 0. The van der Waals surface area contributed by atoms with Gasteiger partial charge in [-0.05, 0) is 29.5 Å². The Morgan fingerprint density at radius 3 is 2.37 bits per heavy atom. The van der Waals surface area contributed by atoms with Crippen LogP contribution in [-0.2, 0) is 22.6 Å². The number of carbonyl (C=O) groups excluding carboxylic acids is 3. The zero-order chi connectivity index (χ0) is 28.5. The lowest BCUT2D eigenvalue weighted by molar-refractivity contribution is -0.128. The molecule has 2 aliphatic carbocycles. The summed E-state index contributed by atoms with van der Waals surface area (Å²) in [6.07, 6.45) is -0.319. The van der Waals surface area contributed by atoms with Gasteiger partial charge < -0.3 is 41.8 Å². The first-order valence-electron chi connectivity index (χ1n) is 12.1. The van der Waals surface area contributed by atoms with E-state index >= 15 is 0 Å². The number of aliphatic hydroxyl groups excluding tert-OH is 1. The molecule has 0 aromatic heterocycles. The summed E-state index contributed by atoms with van der Waals surface area (Å²) in [6.45, 7) is 7.07. The second-order valence-corrected chi connectivity index (χ2v) is 11.3. The van der Waals surface area contributed by atoms with Crippen molar-refractivity contribution in [1.82, 2.24) is 5.32 Å². The Labute approximate surface area is 219 Å². The Hall–Kier alpha value is -3.96. The Morgan fingerprint density at radius 1 is 1.18 bits per heavy atom. The molecule has 0 unspecified atom stereocenters. The molecule has 0 heterocycles. The molecule has 0 saturated heterocycles. The van der Waals surface area contributed by atoms with Gasteiger partial charge in [0.25, 0.3) is 5.91 Å². The number of hydrogen-bond donors (Lipinski definition) is 7. The summed E-state index contributed by atoms with van der Waals surface area (Å²) in [5, 5.41) is 56.2. The number of nitrogens with two attached hydrogens (primary N) is 1. The predicted molar refractivity (Wildman–Crippen MR) is 141 cm³/mol. The Bertz CT molecular complexity index is 1470. The molecular weight excluding hydrogens is 492 g/mol. The minimum absolute atomic E-state index is 0.0228. The zero-order valence-corrected chi connectivity index (χ0v) is 21.9. The predicted octanol–water partition coefficient (Wildman–Crippen LogP) is 1.44. The second-order valence-electron chi connectivity index (χ2n) is 11.3. The molecular formula is C27H32N4O7. The number of phenolic OH excluding ortho intramolecular Hbond substituents is 2. The van der Waals surface area contributed by atoms with Gasteiger partial charge in [0, 0.05) is 43.8 Å². The monoisotopic (exact) mass is 524 g/mol. The van der Waals surface area contributed by atoms with Crippen molar-refractivity contribution < 1.29 is 34.8 Å². The molecule has 0 bridgehead atoms. The molecule has 0 spiro atoms. The quantitative estimate of drug-likeness (QED) is 0.302. The summed E-state index contributed by atoms with van der Waals surface area (Å²) in [4.78, 5) is 40.3. The van der Waals surface area contributed by atoms with Gasteiger partial charge in [-0.25, -0.2) is 0 Å². The Morgan fingerprint density at radius 2 is 1.82 bits per heavy atom. The first-order chi connectivity index (χ1) is 17.5. The molecule has 2 aromatic rings. The third-order valence-electron chi connectivity index (χ3n) is 7.13. The lowest BCUT2D eigenvalue weighted by Gasteiger charge is -2.41. The molecule has 2 aliphatic rings. The summed E-state index contributed by atoms with van der Waals surface area (Å²) in [5.41, 5.74) is 1.30. The van der Waals surface area contributed by atoms with Gasteiger partial charge >= 0.3 is 0 Å². The number of benzene rings is 2. The molecule has 1 amide bonds. The SMILES string of the molecule is CN(C)c1cc(CNCC(C)(C)C)c(O)c2c(O)c3c(cc12)C[C@H]1C(=O)C(O)=C(C(N)=O)C(=N)[C@@]1(O)C3=O. The smallest absolute Gasteiger partial charge is 0.254 e. The van der Waals surface area contributed by atoms with E-state index in [1.165, 1.54) is 0 Å². The molecule has 2 aromatic carbocycles. The highest BCUT2D eigenvalue weighted by Crippen LogP contribution is 2.49. The van der Waals surface area contributed by atoms with Gasteiger partial charge in [0.1, 0.15) is 17.1 Å². The molecule has 11 nitrogen and oxygen atoms in total. The maximum absolute atomic E-state index is 13.7. The molecule has 2 atom stereocenters. The highest BCUT2D eigenvalue weighted by Gasteiger charge is 2.60. The molecule has 38 heavy (non-hydrogen) atoms. The maximum Gasteiger partial charge on any atom is 0.254 e. The molecule has 202 valence electrons. The van der Waals surface area contributed by atoms with E-state index in [1.807, 2.05) is 0 Å². The number of ketones is 2. The Kier molecular flexibility index (Phi) is 6.28. The van der Waals surface area contributed by atoms with Crippen molar-refractivity contribution in [2.24, 2.45) is 17.1 Å². The number of primary amides is 1. The van der Waals surface area contributed by atoms with Gasteiger partial charge in [-0.15, -0.1) is 0 Å². The number of carbonyl (C=O) groups is 3. The fraction of sp³-hybridized carbons (Fsp3) is 0.407. The largest absolute Gasteiger partial charge is 0.507 e. The summed E-state index contributed by atoms with van der Waals surface area (Å²) in [5.74, 6) is -7.23. The van der Waals surface area contributed by atoms with Crippen molar-refractivity contribution in [1.29, 1.82) is 5.41 Å². The zero-order valence-electron chi connectivity index (χ0n) is 21.9. The van der Waals surface area contributed by atoms with E-state index in [0.29, 0.717) is 23.2 Å². The van der Waals surface area contributed by atoms with Crippen LogP contribution in [0.1, 0.15) is 42.3 Å². The van der Waals surface area contributed by atoms with Crippen LogP contribution in [0.3, 0.4) is 0 Å². The first-order valence-corrected chi connectivity index (χ1v) is 12.1. The van der Waals surface area contributed by atoms with E-state index in [0.717, 1.165) is 0 Å². The van der Waals surface area contributed by atoms with Crippen molar-refractivity contribution >= 4 is 39.6 Å². The van der Waals surface area contributed by atoms with Gasteiger partial charge in [0.2, 0.25) is 11.6 Å². The average Bonchev–Trinajstić information content (AvgIpc) is 2.79. The number of nitrogens with zero attached hydrogens (tertiary/aromatic N) is 1. The third-order valence-corrected chi connectivity index (χ3v) is 7.13. The number of hydrogen-bond acceptors (Lipinski definition) is 10. The van der Waals surface area contributed by atoms with Crippen molar-refractivity contribution in [2.75, 3.05) is 25.5 Å². The number of aromatic hydroxyl groups is 2. The van der Waals surface area contributed by atoms with E-state index < -0.39 is 51.8 Å². The standard InChI is InChI=1S/C27H32N4O7/c1-26(2,3)10-30-9-12-8-15(31(4)5)13-6-11-7-14-20(33)22(35)18(25(29)37)23(28)27(14,38)24(36)16(11)21(34)17(13)19(12)32/h6,8,14,28,30,32,34-35,38H,7,9-10H2,1-5H3,(H2,29,37)/t14-,27+/m0/s1. The number of Topliss-reactive ketones (excluding diaryl/α,β-unsaturated/α-hetero) is 2. The van der Waals surface area contributed by atoms with Gasteiger partial charge in [0.15, 0.2) is 11.4 Å². The van der Waals surface area contributed by atoms with Crippen molar-refractivity contribution in [3.63, 3.8) is 0 Å². The maximum atomic E-state index is 13.7. The molecule has 8 N–H and O–H groups in total. The third kappa shape index (κ3) is 3.89. The van der Waals surface area contributed by atoms with Gasteiger partial charge in [-0.1, -0.05) is 20.8 Å². The number of allylic oxidation sites excluding steroid dienone is 1. The van der Waals surface area contributed by atoms with E-state index in [-0.39, 0.29) is 40.6 Å². The highest BCUT2D eigenvalue weighted by molar-refractivity contribution is 6.38. The topological polar surface area (TPSA) is 197 Å². The molecule has 0 fully saturated rings. The van der Waals surface area contributed by atoms with E-state index in [9.17, 15) is 34.8 Å². The number of anilines is 1. The molecule has 0 radical (unpaired) electrons. The lowest BCUT2D eigenvalue weighted by Crippen LogP contribution is -2.62. The fourth-order valence-corrected chi connectivity index (χ4v) is 5.25. The minimum Gasteiger partial charge on any atom is -0.507 e. The lowest BCUT2D eigenvalue weighted by atomic mass is 9.62. The van der Waals surface area contributed by atoms with Crippen LogP contribution in [0.15, 0.2) is 23.5 Å².